The van der Waals surface area contributed by atoms with Crippen molar-refractivity contribution in [2.24, 2.45) is 4.99 Å². The molecule has 0 unspecified atom stereocenters. The lowest BCUT2D eigenvalue weighted by Gasteiger charge is -2.15. The van der Waals surface area contributed by atoms with Gasteiger partial charge in [0.1, 0.15) is 5.75 Å². The highest BCUT2D eigenvalue weighted by Crippen LogP contribution is 2.33. The topological polar surface area (TPSA) is 71.7 Å². The van der Waals surface area contributed by atoms with Crippen molar-refractivity contribution in [2.45, 2.75) is 33.0 Å². The van der Waals surface area contributed by atoms with E-state index in [9.17, 15) is 8.78 Å². The molecule has 2 rings (SSSR count). The molecule has 0 aliphatic heterocycles. The minimum atomic E-state index is -3.00. The molecule has 0 saturated carbocycles. The Labute approximate surface area is 159 Å². The van der Waals surface area contributed by atoms with Gasteiger partial charge in [-0.05, 0) is 18.6 Å². The number of hydrogen-bond donors (Lipinski definition) is 2. The largest absolute Gasteiger partial charge is 0.433 e. The standard InChI is InChI=1S/C16H18Cl2F2N4O2/c1-3-11-6-12(26-24-11)8-23-16(21-2)22-7-9-4-10(17)5-13(18)14(9)25-15(19)20/h4-6,15H,3,7-8H2,1-2H3,(H2,21,22,23). The summed E-state index contributed by atoms with van der Waals surface area (Å²) in [5.41, 5.74) is 1.23. The minimum absolute atomic E-state index is 0.00583. The number of hydrogen-bond acceptors (Lipinski definition) is 4. The number of halogens is 4. The number of aryl methyl sites for hydroxylation is 1. The van der Waals surface area contributed by atoms with Gasteiger partial charge < -0.3 is 19.9 Å². The van der Waals surface area contributed by atoms with Gasteiger partial charge in [0, 0.05) is 30.2 Å². The molecule has 0 aliphatic rings. The molecule has 0 atom stereocenters. The van der Waals surface area contributed by atoms with Crippen molar-refractivity contribution in [1.82, 2.24) is 15.8 Å². The van der Waals surface area contributed by atoms with Crippen LogP contribution in [-0.4, -0.2) is 24.8 Å². The molecule has 0 saturated heterocycles. The van der Waals surface area contributed by atoms with Crippen LogP contribution in [0.2, 0.25) is 10.0 Å². The Bertz CT molecular complexity index is 769. The fourth-order valence-corrected chi connectivity index (χ4v) is 2.72. The van der Waals surface area contributed by atoms with Gasteiger partial charge >= 0.3 is 6.61 Å². The predicted octanol–water partition coefficient (Wildman–Crippen LogP) is 4.01. The van der Waals surface area contributed by atoms with Crippen LogP contribution in [0.1, 0.15) is 23.9 Å². The van der Waals surface area contributed by atoms with E-state index in [0.29, 0.717) is 28.9 Å². The lowest BCUT2D eigenvalue weighted by Crippen LogP contribution is -2.36. The minimum Gasteiger partial charge on any atom is -0.433 e. The van der Waals surface area contributed by atoms with Crippen molar-refractivity contribution in [3.05, 3.63) is 45.3 Å². The van der Waals surface area contributed by atoms with Gasteiger partial charge in [0.15, 0.2) is 11.7 Å². The van der Waals surface area contributed by atoms with Gasteiger partial charge in [0.2, 0.25) is 0 Å². The van der Waals surface area contributed by atoms with Crippen LogP contribution in [0.5, 0.6) is 5.75 Å². The van der Waals surface area contributed by atoms with E-state index < -0.39 is 6.61 Å². The van der Waals surface area contributed by atoms with E-state index >= 15 is 0 Å². The van der Waals surface area contributed by atoms with Gasteiger partial charge in [-0.2, -0.15) is 8.78 Å². The molecular weight excluding hydrogens is 389 g/mol. The Kier molecular flexibility index (Phi) is 7.47. The van der Waals surface area contributed by atoms with Crippen LogP contribution < -0.4 is 15.4 Å². The predicted molar refractivity (Wildman–Crippen MR) is 96.0 cm³/mol. The van der Waals surface area contributed by atoms with Crippen molar-refractivity contribution in [2.75, 3.05) is 7.05 Å². The SMILES string of the molecule is CCc1cc(CNC(=NC)NCc2cc(Cl)cc(Cl)c2OC(F)F)on1. The van der Waals surface area contributed by atoms with E-state index in [-0.39, 0.29) is 17.3 Å². The summed E-state index contributed by atoms with van der Waals surface area (Å²) < 4.78 is 34.9. The van der Waals surface area contributed by atoms with Crippen LogP contribution in [-0.2, 0) is 19.5 Å². The van der Waals surface area contributed by atoms with Crippen LogP contribution in [0, 0.1) is 0 Å². The molecule has 0 fully saturated rings. The maximum absolute atomic E-state index is 12.6. The number of alkyl halides is 2. The number of benzene rings is 1. The molecule has 26 heavy (non-hydrogen) atoms. The van der Waals surface area contributed by atoms with Gasteiger partial charge in [0.05, 0.1) is 17.3 Å². The number of guanidine groups is 1. The van der Waals surface area contributed by atoms with Crippen LogP contribution >= 0.6 is 23.2 Å². The van der Waals surface area contributed by atoms with Crippen molar-refractivity contribution in [3.63, 3.8) is 0 Å². The molecule has 0 radical (unpaired) electrons. The fourth-order valence-electron chi connectivity index (χ4n) is 2.14. The van der Waals surface area contributed by atoms with E-state index in [1.54, 1.807) is 7.05 Å². The molecule has 6 nitrogen and oxygen atoms in total. The van der Waals surface area contributed by atoms with E-state index in [0.717, 1.165) is 12.1 Å². The Hall–Kier alpha value is -2.06. The molecular formula is C16H18Cl2F2N4O2. The van der Waals surface area contributed by atoms with Crippen LogP contribution in [0.4, 0.5) is 8.78 Å². The van der Waals surface area contributed by atoms with Crippen molar-refractivity contribution in [3.8, 4) is 5.75 Å². The third kappa shape index (κ3) is 5.74. The Balaban J connectivity index is 2.01. The number of aliphatic imine (C=N–C) groups is 1. The van der Waals surface area contributed by atoms with E-state index in [4.69, 9.17) is 27.7 Å². The summed E-state index contributed by atoms with van der Waals surface area (Å²) in [6, 6.07) is 4.67. The van der Waals surface area contributed by atoms with Crippen LogP contribution in [0.15, 0.2) is 27.7 Å². The molecule has 1 aromatic heterocycles. The first-order valence-corrected chi connectivity index (χ1v) is 8.50. The maximum Gasteiger partial charge on any atom is 0.387 e. The maximum atomic E-state index is 12.6. The average molecular weight is 407 g/mol. The second-order valence-corrected chi connectivity index (χ2v) is 6.02. The number of rotatable bonds is 7. The first kappa shape index (κ1) is 20.3. The van der Waals surface area contributed by atoms with Crippen molar-refractivity contribution in [1.29, 1.82) is 0 Å². The number of nitrogens with zero attached hydrogens (tertiary/aromatic N) is 2. The molecule has 2 aromatic rings. The zero-order chi connectivity index (χ0) is 19.1. The first-order valence-electron chi connectivity index (χ1n) is 7.74. The summed E-state index contributed by atoms with van der Waals surface area (Å²) in [5.74, 6) is 0.952. The molecule has 10 heteroatoms. The summed E-state index contributed by atoms with van der Waals surface area (Å²) in [7, 11) is 1.58. The molecule has 142 valence electrons. The Morgan fingerprint density at radius 2 is 2.00 bits per heavy atom. The third-order valence-electron chi connectivity index (χ3n) is 3.36. The van der Waals surface area contributed by atoms with Gasteiger partial charge in [-0.3, -0.25) is 4.99 Å². The lowest BCUT2D eigenvalue weighted by atomic mass is 10.2. The quantitative estimate of drug-likeness (QED) is 0.536. The molecule has 1 heterocycles. The van der Waals surface area contributed by atoms with Crippen LogP contribution in [0.3, 0.4) is 0 Å². The van der Waals surface area contributed by atoms with Crippen LogP contribution in [0.25, 0.3) is 0 Å². The zero-order valence-electron chi connectivity index (χ0n) is 14.2. The second-order valence-electron chi connectivity index (χ2n) is 5.17. The van der Waals surface area contributed by atoms with Gasteiger partial charge in [-0.1, -0.05) is 35.3 Å². The first-order chi connectivity index (χ1) is 12.4. The highest BCUT2D eigenvalue weighted by atomic mass is 35.5. The van der Waals surface area contributed by atoms with Gasteiger partial charge in [-0.25, -0.2) is 0 Å². The molecule has 0 amide bonds. The molecule has 0 spiro atoms. The summed E-state index contributed by atoms with van der Waals surface area (Å²) >= 11 is 11.9. The summed E-state index contributed by atoms with van der Waals surface area (Å²) in [5, 5.41) is 10.2. The Morgan fingerprint density at radius 3 is 2.62 bits per heavy atom. The highest BCUT2D eigenvalue weighted by molar-refractivity contribution is 6.35. The van der Waals surface area contributed by atoms with E-state index in [1.807, 2.05) is 13.0 Å². The second kappa shape index (κ2) is 9.59. The Morgan fingerprint density at radius 1 is 1.27 bits per heavy atom. The highest BCUT2D eigenvalue weighted by Gasteiger charge is 2.15. The number of nitrogens with one attached hydrogen (secondary N) is 2. The van der Waals surface area contributed by atoms with Crippen molar-refractivity contribution >= 4 is 29.2 Å². The average Bonchev–Trinajstić information content (AvgIpc) is 3.05. The monoisotopic (exact) mass is 406 g/mol. The van der Waals surface area contributed by atoms with E-state index in [1.165, 1.54) is 12.1 Å². The number of ether oxygens (including phenoxy) is 1. The summed E-state index contributed by atoms with van der Waals surface area (Å²) in [4.78, 5) is 4.06. The van der Waals surface area contributed by atoms with Gasteiger partial charge in [-0.15, -0.1) is 0 Å². The lowest BCUT2D eigenvalue weighted by molar-refractivity contribution is -0.0504. The van der Waals surface area contributed by atoms with E-state index in [2.05, 4.69) is 25.5 Å². The third-order valence-corrected chi connectivity index (χ3v) is 3.86. The summed E-state index contributed by atoms with van der Waals surface area (Å²) in [6.45, 7) is -0.531. The normalized spacial score (nSPS) is 11.7. The van der Waals surface area contributed by atoms with Gasteiger partial charge in [0.25, 0.3) is 0 Å². The number of aromatic nitrogens is 1. The summed E-state index contributed by atoms with van der Waals surface area (Å²) in [6.07, 6.45) is 0.777. The zero-order valence-corrected chi connectivity index (χ0v) is 15.7. The fraction of sp³-hybridized carbons (Fsp3) is 0.375. The molecule has 0 bridgehead atoms. The molecule has 0 aliphatic carbocycles. The smallest absolute Gasteiger partial charge is 0.387 e. The van der Waals surface area contributed by atoms with Crippen molar-refractivity contribution < 1.29 is 18.0 Å². The molecule has 1 aromatic carbocycles. The molecule has 2 N–H and O–H groups in total.